The molecule has 112 valence electrons. The molecular formula is C14H19N5OS. The second kappa shape index (κ2) is 5.95. The number of piperidine rings is 1. The van der Waals surface area contributed by atoms with Gasteiger partial charge in [-0.1, -0.05) is 0 Å². The summed E-state index contributed by atoms with van der Waals surface area (Å²) in [4.78, 5) is 19.5. The lowest BCUT2D eigenvalue weighted by Crippen LogP contribution is -2.46. The molecule has 3 heterocycles. The number of rotatable bonds is 3. The van der Waals surface area contributed by atoms with Crippen LogP contribution >= 0.6 is 11.3 Å². The van der Waals surface area contributed by atoms with E-state index in [0.29, 0.717) is 10.9 Å². The Kier molecular flexibility index (Phi) is 4.03. The van der Waals surface area contributed by atoms with E-state index in [2.05, 4.69) is 15.4 Å². The van der Waals surface area contributed by atoms with Crippen LogP contribution in [0.25, 0.3) is 10.6 Å². The molecule has 2 aromatic heterocycles. The van der Waals surface area contributed by atoms with Gasteiger partial charge in [0.25, 0.3) is 5.91 Å². The lowest BCUT2D eigenvalue weighted by Gasteiger charge is -2.32. The molecule has 0 bridgehead atoms. The first-order valence-electron chi connectivity index (χ1n) is 7.09. The fourth-order valence-electron chi connectivity index (χ4n) is 2.59. The summed E-state index contributed by atoms with van der Waals surface area (Å²) >= 11 is 1.43. The van der Waals surface area contributed by atoms with Gasteiger partial charge in [-0.25, -0.2) is 4.98 Å². The third kappa shape index (κ3) is 2.98. The van der Waals surface area contributed by atoms with Crippen LogP contribution in [0.2, 0.25) is 0 Å². The SMILES string of the molecule is CN[C@H]1CCCN(C(=O)c2cnc(-c3cnn(C)c3)s2)C1. The Morgan fingerprint density at radius 3 is 3.05 bits per heavy atom. The van der Waals surface area contributed by atoms with Gasteiger partial charge in [-0.05, 0) is 19.9 Å². The van der Waals surface area contributed by atoms with Crippen molar-refractivity contribution >= 4 is 17.2 Å². The highest BCUT2D eigenvalue weighted by Gasteiger charge is 2.25. The Morgan fingerprint density at radius 2 is 2.33 bits per heavy atom. The number of carbonyl (C=O) groups is 1. The van der Waals surface area contributed by atoms with Crippen LogP contribution in [-0.4, -0.2) is 51.8 Å². The van der Waals surface area contributed by atoms with Gasteiger partial charge in [0.05, 0.1) is 12.4 Å². The summed E-state index contributed by atoms with van der Waals surface area (Å²) in [6, 6.07) is 0.397. The highest BCUT2D eigenvalue weighted by Crippen LogP contribution is 2.26. The molecule has 3 rings (SSSR count). The highest BCUT2D eigenvalue weighted by molar-refractivity contribution is 7.16. The van der Waals surface area contributed by atoms with Crippen LogP contribution in [0.5, 0.6) is 0 Å². The Morgan fingerprint density at radius 1 is 1.48 bits per heavy atom. The number of hydrogen-bond acceptors (Lipinski definition) is 5. The number of nitrogens with zero attached hydrogens (tertiary/aromatic N) is 4. The largest absolute Gasteiger partial charge is 0.336 e. The Bertz CT molecular complexity index is 635. The van der Waals surface area contributed by atoms with Gasteiger partial charge < -0.3 is 10.2 Å². The Labute approximate surface area is 127 Å². The van der Waals surface area contributed by atoms with Crippen molar-refractivity contribution in [2.75, 3.05) is 20.1 Å². The van der Waals surface area contributed by atoms with E-state index >= 15 is 0 Å². The maximum absolute atomic E-state index is 12.6. The molecule has 1 N–H and O–H groups in total. The predicted molar refractivity (Wildman–Crippen MR) is 82.3 cm³/mol. The van der Waals surface area contributed by atoms with E-state index in [4.69, 9.17) is 0 Å². The van der Waals surface area contributed by atoms with Crippen LogP contribution in [0.15, 0.2) is 18.6 Å². The van der Waals surface area contributed by atoms with Crippen molar-refractivity contribution in [2.45, 2.75) is 18.9 Å². The number of likely N-dealkylation sites (N-methyl/N-ethyl adjacent to an activating group) is 1. The lowest BCUT2D eigenvalue weighted by atomic mass is 10.1. The summed E-state index contributed by atoms with van der Waals surface area (Å²) in [7, 11) is 3.82. The molecule has 21 heavy (non-hydrogen) atoms. The zero-order valence-electron chi connectivity index (χ0n) is 12.2. The fourth-order valence-corrected chi connectivity index (χ4v) is 3.45. The molecule has 0 saturated carbocycles. The van der Waals surface area contributed by atoms with Gasteiger partial charge in [0, 0.05) is 37.9 Å². The van der Waals surface area contributed by atoms with Crippen LogP contribution in [-0.2, 0) is 7.05 Å². The van der Waals surface area contributed by atoms with Crippen molar-refractivity contribution in [3.05, 3.63) is 23.5 Å². The zero-order valence-corrected chi connectivity index (χ0v) is 13.1. The summed E-state index contributed by atoms with van der Waals surface area (Å²) in [5.41, 5.74) is 0.952. The predicted octanol–water partition coefficient (Wildman–Crippen LogP) is 1.37. The maximum atomic E-state index is 12.6. The monoisotopic (exact) mass is 305 g/mol. The number of likely N-dealkylation sites (tertiary alicyclic amines) is 1. The second-order valence-electron chi connectivity index (χ2n) is 5.31. The van der Waals surface area contributed by atoms with Crippen LogP contribution in [0.1, 0.15) is 22.5 Å². The van der Waals surface area contributed by atoms with Crippen molar-refractivity contribution in [3.63, 3.8) is 0 Å². The van der Waals surface area contributed by atoms with Crippen molar-refractivity contribution in [1.29, 1.82) is 0 Å². The molecule has 6 nitrogen and oxygen atoms in total. The smallest absolute Gasteiger partial charge is 0.265 e. The van der Waals surface area contributed by atoms with E-state index in [-0.39, 0.29) is 5.91 Å². The lowest BCUT2D eigenvalue weighted by molar-refractivity contribution is 0.0703. The van der Waals surface area contributed by atoms with E-state index in [1.54, 1.807) is 17.1 Å². The third-order valence-electron chi connectivity index (χ3n) is 3.79. The van der Waals surface area contributed by atoms with E-state index < -0.39 is 0 Å². The molecule has 2 aromatic rings. The third-order valence-corrected chi connectivity index (χ3v) is 4.82. The first kappa shape index (κ1) is 14.2. The average molecular weight is 305 g/mol. The van der Waals surface area contributed by atoms with Crippen LogP contribution in [0.4, 0.5) is 0 Å². The number of aromatic nitrogens is 3. The van der Waals surface area contributed by atoms with Gasteiger partial charge in [0.15, 0.2) is 0 Å². The summed E-state index contributed by atoms with van der Waals surface area (Å²) in [6.07, 6.45) is 7.53. The standard InChI is InChI=1S/C14H19N5OS/c1-15-11-4-3-5-19(9-11)14(20)12-7-16-13(21-12)10-6-17-18(2)8-10/h6-8,11,15H,3-5,9H2,1-2H3/t11-/m0/s1. The number of aryl methyl sites for hydroxylation is 1. The molecule has 0 aromatic carbocycles. The minimum Gasteiger partial charge on any atom is -0.336 e. The van der Waals surface area contributed by atoms with E-state index in [0.717, 1.165) is 36.5 Å². The summed E-state index contributed by atoms with van der Waals surface area (Å²) in [5, 5.41) is 8.24. The first-order valence-corrected chi connectivity index (χ1v) is 7.90. The fraction of sp³-hybridized carbons (Fsp3) is 0.500. The Balaban J connectivity index is 1.75. The molecule has 1 atom stereocenters. The van der Waals surface area contributed by atoms with Crippen LogP contribution < -0.4 is 5.32 Å². The van der Waals surface area contributed by atoms with Crippen LogP contribution in [0, 0.1) is 0 Å². The molecule has 0 aliphatic carbocycles. The number of thiazole rings is 1. The summed E-state index contributed by atoms with van der Waals surface area (Å²) in [6.45, 7) is 1.60. The maximum Gasteiger partial charge on any atom is 0.265 e. The molecule has 0 spiro atoms. The van der Waals surface area contributed by atoms with Gasteiger partial charge in [-0.2, -0.15) is 5.10 Å². The molecule has 1 fully saturated rings. The quantitative estimate of drug-likeness (QED) is 0.930. The number of nitrogens with one attached hydrogen (secondary N) is 1. The van der Waals surface area contributed by atoms with Crippen molar-refractivity contribution in [2.24, 2.45) is 7.05 Å². The van der Waals surface area contributed by atoms with E-state index in [1.807, 2.05) is 25.2 Å². The topological polar surface area (TPSA) is 63.1 Å². The number of amides is 1. The first-order chi connectivity index (χ1) is 10.2. The average Bonchev–Trinajstić information content (AvgIpc) is 3.15. The summed E-state index contributed by atoms with van der Waals surface area (Å²) in [5.74, 6) is 0.0857. The van der Waals surface area contributed by atoms with Gasteiger partial charge in [0.2, 0.25) is 0 Å². The van der Waals surface area contributed by atoms with Gasteiger partial charge in [-0.3, -0.25) is 9.48 Å². The van der Waals surface area contributed by atoms with E-state index in [9.17, 15) is 4.79 Å². The summed E-state index contributed by atoms with van der Waals surface area (Å²) < 4.78 is 1.74. The Hall–Kier alpha value is -1.73. The molecule has 1 aliphatic rings. The van der Waals surface area contributed by atoms with Crippen molar-refractivity contribution in [3.8, 4) is 10.6 Å². The molecular weight excluding hydrogens is 286 g/mol. The van der Waals surface area contributed by atoms with Gasteiger partial charge in [0.1, 0.15) is 9.88 Å². The zero-order chi connectivity index (χ0) is 14.8. The molecule has 7 heteroatoms. The van der Waals surface area contributed by atoms with Crippen LogP contribution in [0.3, 0.4) is 0 Å². The molecule has 1 saturated heterocycles. The molecule has 1 aliphatic heterocycles. The number of hydrogen-bond donors (Lipinski definition) is 1. The van der Waals surface area contributed by atoms with Gasteiger partial charge in [-0.15, -0.1) is 11.3 Å². The minimum atomic E-state index is 0.0857. The number of carbonyl (C=O) groups excluding carboxylic acids is 1. The minimum absolute atomic E-state index is 0.0857. The van der Waals surface area contributed by atoms with Crippen molar-refractivity contribution in [1.82, 2.24) is 25.0 Å². The highest BCUT2D eigenvalue weighted by atomic mass is 32.1. The molecule has 1 amide bonds. The molecule has 0 unspecified atom stereocenters. The van der Waals surface area contributed by atoms with Gasteiger partial charge >= 0.3 is 0 Å². The van der Waals surface area contributed by atoms with Crippen molar-refractivity contribution < 1.29 is 4.79 Å². The molecule has 0 radical (unpaired) electrons. The normalized spacial score (nSPS) is 19.0. The second-order valence-corrected chi connectivity index (χ2v) is 6.34. The van der Waals surface area contributed by atoms with E-state index in [1.165, 1.54) is 11.3 Å².